The van der Waals surface area contributed by atoms with Crippen LogP contribution in [0, 0.1) is 0 Å². The van der Waals surface area contributed by atoms with Crippen LogP contribution in [0.25, 0.3) is 0 Å². The average Bonchev–Trinajstić information content (AvgIpc) is 1.68. The first-order valence-corrected chi connectivity index (χ1v) is 1.97. The van der Waals surface area contributed by atoms with Gasteiger partial charge in [0.1, 0.15) is 0 Å². The average molecular weight is 107 g/mol. The highest BCUT2D eigenvalue weighted by molar-refractivity contribution is 4.49. The Morgan fingerprint density at radius 2 is 2.14 bits per heavy atom. The van der Waals surface area contributed by atoms with Crippen molar-refractivity contribution in [2.24, 2.45) is 0 Å². The Morgan fingerprint density at radius 3 is 2.29 bits per heavy atom. The van der Waals surface area contributed by atoms with Gasteiger partial charge in [0.15, 0.2) is 0 Å². The summed E-state index contributed by atoms with van der Waals surface area (Å²) in [6.45, 7) is -0.315. The molecule has 0 saturated heterocycles. The smallest absolute Gasteiger partial charge is 0.0918 e. The molecular formula is C3H9NO3. The Kier molecular flexibility index (Phi) is 3.92. The molecule has 0 aromatic carbocycles. The second-order valence-electron chi connectivity index (χ2n) is 1.20. The van der Waals surface area contributed by atoms with Crippen LogP contribution in [0.5, 0.6) is 0 Å². The van der Waals surface area contributed by atoms with Crippen LogP contribution >= 0.6 is 0 Å². The first-order chi connectivity index (χ1) is 3.31. The zero-order valence-electron chi connectivity index (χ0n) is 3.83. The standard InChI is InChI=1S/C3H9NO3/c5-2-3(6)1-4-7/h3-7H,1-2H2/t3-/m0/s1. The highest BCUT2D eigenvalue weighted by Crippen LogP contribution is 1.72. The topological polar surface area (TPSA) is 72.7 Å². The first kappa shape index (κ1) is 6.84. The quantitative estimate of drug-likeness (QED) is 0.325. The zero-order valence-corrected chi connectivity index (χ0v) is 3.83. The van der Waals surface area contributed by atoms with Gasteiger partial charge < -0.3 is 15.4 Å². The fraction of sp³-hybridized carbons (Fsp3) is 1.00. The second kappa shape index (κ2) is 4.01. The van der Waals surface area contributed by atoms with E-state index in [9.17, 15) is 0 Å². The van der Waals surface area contributed by atoms with Crippen molar-refractivity contribution in [1.29, 1.82) is 0 Å². The van der Waals surface area contributed by atoms with Crippen LogP contribution in [0.4, 0.5) is 0 Å². The van der Waals surface area contributed by atoms with Gasteiger partial charge in [-0.2, -0.15) is 0 Å². The molecule has 0 bridgehead atoms. The van der Waals surface area contributed by atoms with Gasteiger partial charge in [0.05, 0.1) is 12.7 Å². The van der Waals surface area contributed by atoms with E-state index in [0.717, 1.165) is 0 Å². The second-order valence-corrected chi connectivity index (χ2v) is 1.20. The SMILES string of the molecule is OC[C@@H](O)CNO. The predicted molar refractivity (Wildman–Crippen MR) is 22.9 cm³/mol. The number of hydroxylamine groups is 1. The van der Waals surface area contributed by atoms with E-state index < -0.39 is 6.10 Å². The van der Waals surface area contributed by atoms with Gasteiger partial charge in [-0.1, -0.05) is 0 Å². The summed E-state index contributed by atoms with van der Waals surface area (Å²) in [6.07, 6.45) is -0.856. The Bertz CT molecular complexity index is 41.2. The van der Waals surface area contributed by atoms with E-state index in [-0.39, 0.29) is 13.2 Å². The van der Waals surface area contributed by atoms with E-state index in [1.54, 1.807) is 5.48 Å². The maximum absolute atomic E-state index is 8.39. The van der Waals surface area contributed by atoms with Crippen molar-refractivity contribution in [3.05, 3.63) is 0 Å². The molecule has 0 aromatic rings. The third-order valence-electron chi connectivity index (χ3n) is 0.538. The molecule has 0 unspecified atom stereocenters. The Morgan fingerprint density at radius 1 is 1.57 bits per heavy atom. The minimum absolute atomic E-state index is 0.0104. The van der Waals surface area contributed by atoms with Crippen molar-refractivity contribution < 1.29 is 15.4 Å². The van der Waals surface area contributed by atoms with Crippen LogP contribution < -0.4 is 5.48 Å². The molecular weight excluding hydrogens is 98.0 g/mol. The summed E-state index contributed by atoms with van der Waals surface area (Å²) in [6, 6.07) is 0. The van der Waals surface area contributed by atoms with E-state index in [1.807, 2.05) is 0 Å². The molecule has 4 nitrogen and oxygen atoms in total. The van der Waals surface area contributed by atoms with Gasteiger partial charge in [0.25, 0.3) is 0 Å². The summed E-state index contributed by atoms with van der Waals surface area (Å²) >= 11 is 0. The molecule has 0 saturated carbocycles. The maximum Gasteiger partial charge on any atom is 0.0918 e. The molecule has 0 amide bonds. The minimum Gasteiger partial charge on any atom is -0.394 e. The van der Waals surface area contributed by atoms with Gasteiger partial charge in [-0.25, -0.2) is 5.48 Å². The number of aliphatic hydroxyl groups is 2. The van der Waals surface area contributed by atoms with Gasteiger partial charge in [-0.3, -0.25) is 0 Å². The van der Waals surface area contributed by atoms with Crippen molar-refractivity contribution >= 4 is 0 Å². The van der Waals surface area contributed by atoms with Gasteiger partial charge in [0.2, 0.25) is 0 Å². The van der Waals surface area contributed by atoms with E-state index in [0.29, 0.717) is 0 Å². The van der Waals surface area contributed by atoms with Gasteiger partial charge in [0, 0.05) is 6.54 Å². The van der Waals surface area contributed by atoms with E-state index in [1.165, 1.54) is 0 Å². The molecule has 0 aliphatic rings. The number of nitrogens with one attached hydrogen (secondary N) is 1. The molecule has 0 fully saturated rings. The van der Waals surface area contributed by atoms with Crippen molar-refractivity contribution in [2.45, 2.75) is 6.10 Å². The molecule has 0 aromatic heterocycles. The summed E-state index contributed by atoms with van der Waals surface area (Å²) in [5.41, 5.74) is 1.71. The third-order valence-corrected chi connectivity index (χ3v) is 0.538. The minimum atomic E-state index is -0.856. The number of hydrogen-bond acceptors (Lipinski definition) is 4. The van der Waals surface area contributed by atoms with Crippen molar-refractivity contribution in [3.63, 3.8) is 0 Å². The fourth-order valence-corrected chi connectivity index (χ4v) is 0.170. The van der Waals surface area contributed by atoms with E-state index >= 15 is 0 Å². The van der Waals surface area contributed by atoms with Crippen LogP contribution in [-0.2, 0) is 0 Å². The number of rotatable bonds is 3. The molecule has 4 heteroatoms. The molecule has 0 spiro atoms. The Labute approximate surface area is 41.4 Å². The normalized spacial score (nSPS) is 14.1. The summed E-state index contributed by atoms with van der Waals surface area (Å²) in [7, 11) is 0. The van der Waals surface area contributed by atoms with Crippen LogP contribution in [0.1, 0.15) is 0 Å². The largest absolute Gasteiger partial charge is 0.394 e. The summed E-state index contributed by atoms with van der Waals surface area (Å²) < 4.78 is 0. The molecule has 0 aliphatic heterocycles. The van der Waals surface area contributed by atoms with E-state index in [4.69, 9.17) is 15.4 Å². The van der Waals surface area contributed by atoms with Crippen LogP contribution in [0.2, 0.25) is 0 Å². The van der Waals surface area contributed by atoms with Gasteiger partial charge in [-0.05, 0) is 0 Å². The summed E-state index contributed by atoms with van der Waals surface area (Å²) in [4.78, 5) is 0. The molecule has 0 aliphatic carbocycles. The summed E-state index contributed by atoms with van der Waals surface area (Å²) in [5, 5.41) is 24.3. The Hall–Kier alpha value is -0.160. The zero-order chi connectivity index (χ0) is 5.70. The van der Waals surface area contributed by atoms with E-state index in [2.05, 4.69) is 0 Å². The maximum atomic E-state index is 8.39. The Balaban J connectivity index is 2.83. The molecule has 1 atom stereocenters. The van der Waals surface area contributed by atoms with Crippen LogP contribution in [0.15, 0.2) is 0 Å². The highest BCUT2D eigenvalue weighted by atomic mass is 16.5. The molecule has 4 N–H and O–H groups in total. The van der Waals surface area contributed by atoms with Crippen molar-refractivity contribution in [1.82, 2.24) is 5.48 Å². The highest BCUT2D eigenvalue weighted by Gasteiger charge is 1.96. The molecule has 0 radical (unpaired) electrons. The lowest BCUT2D eigenvalue weighted by molar-refractivity contribution is 0.0527. The van der Waals surface area contributed by atoms with Crippen LogP contribution in [-0.4, -0.2) is 34.7 Å². The first-order valence-electron chi connectivity index (χ1n) is 1.97. The molecule has 7 heavy (non-hydrogen) atoms. The summed E-state index contributed by atoms with van der Waals surface area (Å²) in [5.74, 6) is 0. The molecule has 44 valence electrons. The molecule has 0 heterocycles. The van der Waals surface area contributed by atoms with Crippen molar-refractivity contribution in [3.8, 4) is 0 Å². The lowest BCUT2D eigenvalue weighted by Crippen LogP contribution is -2.26. The number of hydrogen-bond donors (Lipinski definition) is 4. The fourth-order valence-electron chi connectivity index (χ4n) is 0.170. The monoisotopic (exact) mass is 107 g/mol. The molecule has 0 rings (SSSR count). The van der Waals surface area contributed by atoms with Crippen molar-refractivity contribution in [2.75, 3.05) is 13.2 Å². The third kappa shape index (κ3) is 3.68. The predicted octanol–water partition coefficient (Wildman–Crippen LogP) is -1.68. The van der Waals surface area contributed by atoms with Gasteiger partial charge in [-0.15, -0.1) is 0 Å². The number of aliphatic hydroxyl groups excluding tert-OH is 2. The lowest BCUT2D eigenvalue weighted by Gasteiger charge is -2.01. The lowest BCUT2D eigenvalue weighted by atomic mass is 10.4. The van der Waals surface area contributed by atoms with Gasteiger partial charge >= 0.3 is 0 Å². The van der Waals surface area contributed by atoms with Crippen LogP contribution in [0.3, 0.4) is 0 Å².